The van der Waals surface area contributed by atoms with E-state index in [1.54, 1.807) is 0 Å². The number of carbonyl (C=O) groups is 3. The lowest BCUT2D eigenvalue weighted by molar-refractivity contribution is -0.159. The number of likely N-dealkylation sites (tertiary alicyclic amines) is 1. The topological polar surface area (TPSA) is 83.9 Å². The molecule has 2 fully saturated rings. The highest BCUT2D eigenvalue weighted by Crippen LogP contribution is 2.52. The molecule has 1 N–H and O–H groups in total. The van der Waals surface area contributed by atoms with Gasteiger partial charge in [0.25, 0.3) is 0 Å². The lowest BCUT2D eigenvalue weighted by Gasteiger charge is -2.23. The fraction of sp³-hybridized carbons (Fsp3) is 0.615. The van der Waals surface area contributed by atoms with Crippen molar-refractivity contribution in [1.29, 1.82) is 0 Å². The predicted molar refractivity (Wildman–Crippen MR) is 62.5 cm³/mol. The number of ether oxygens (including phenoxy) is 1. The second-order valence-electron chi connectivity index (χ2n) is 5.27. The molecule has 1 heterocycles. The zero-order valence-electron chi connectivity index (χ0n) is 10.5. The summed E-state index contributed by atoms with van der Waals surface area (Å²) < 4.78 is 4.54. The molecule has 0 aromatic carbocycles. The molecule has 6 nitrogen and oxygen atoms in total. The highest BCUT2D eigenvalue weighted by molar-refractivity contribution is 6.08. The maximum absolute atomic E-state index is 12.4. The van der Waals surface area contributed by atoms with E-state index in [4.69, 9.17) is 0 Å². The molecular weight excluding hydrogens is 250 g/mol. The number of aliphatic hydroxyl groups is 1. The highest BCUT2D eigenvalue weighted by Gasteiger charge is 2.61. The Kier molecular flexibility index (Phi) is 2.70. The molecule has 0 aromatic heterocycles. The van der Waals surface area contributed by atoms with E-state index in [0.717, 1.165) is 11.3 Å². The summed E-state index contributed by atoms with van der Waals surface area (Å²) in [5, 5.41) is 9.27. The molecule has 1 saturated carbocycles. The van der Waals surface area contributed by atoms with Gasteiger partial charge in [-0.3, -0.25) is 14.5 Å². The van der Waals surface area contributed by atoms with Crippen LogP contribution in [0.4, 0.5) is 0 Å². The van der Waals surface area contributed by atoms with Crippen LogP contribution < -0.4 is 0 Å². The van der Waals surface area contributed by atoms with Crippen LogP contribution in [0.5, 0.6) is 0 Å². The van der Waals surface area contributed by atoms with Gasteiger partial charge in [-0.1, -0.05) is 12.2 Å². The van der Waals surface area contributed by atoms with Crippen LogP contribution in [-0.4, -0.2) is 47.5 Å². The Bertz CT molecular complexity index is 455. The number of fused-ring (bicyclic) bond motifs is 5. The molecule has 1 aliphatic heterocycles. The second kappa shape index (κ2) is 4.16. The zero-order valence-corrected chi connectivity index (χ0v) is 10.5. The summed E-state index contributed by atoms with van der Waals surface area (Å²) in [5.41, 5.74) is 0. The fourth-order valence-electron chi connectivity index (χ4n) is 3.63. The Morgan fingerprint density at radius 3 is 2.32 bits per heavy atom. The third-order valence-electron chi connectivity index (χ3n) is 4.46. The van der Waals surface area contributed by atoms with Gasteiger partial charge < -0.3 is 9.84 Å². The summed E-state index contributed by atoms with van der Waals surface area (Å²) in [6.45, 7) is -0.605. The van der Waals surface area contributed by atoms with Crippen molar-refractivity contribution in [3.8, 4) is 0 Å². The van der Waals surface area contributed by atoms with Gasteiger partial charge in [-0.2, -0.15) is 0 Å². The van der Waals surface area contributed by atoms with Crippen LogP contribution in [0, 0.1) is 23.7 Å². The van der Waals surface area contributed by atoms with Crippen molar-refractivity contribution in [2.45, 2.75) is 12.5 Å². The molecule has 102 valence electrons. The number of methoxy groups -OCH3 is 1. The summed E-state index contributed by atoms with van der Waals surface area (Å²) in [7, 11) is 1.17. The monoisotopic (exact) mass is 265 g/mol. The first-order valence-corrected chi connectivity index (χ1v) is 6.34. The van der Waals surface area contributed by atoms with Crippen LogP contribution in [0.1, 0.15) is 6.42 Å². The zero-order chi connectivity index (χ0) is 13.7. The van der Waals surface area contributed by atoms with Gasteiger partial charge in [0, 0.05) is 0 Å². The van der Waals surface area contributed by atoms with Gasteiger partial charge in [0.15, 0.2) is 6.04 Å². The Hall–Kier alpha value is -1.69. The van der Waals surface area contributed by atoms with E-state index >= 15 is 0 Å². The normalized spacial score (nSPS) is 36.8. The van der Waals surface area contributed by atoms with Crippen molar-refractivity contribution in [3.63, 3.8) is 0 Å². The van der Waals surface area contributed by atoms with Gasteiger partial charge in [0.2, 0.25) is 11.8 Å². The predicted octanol–water partition coefficient (Wildman–Crippen LogP) is -0.673. The van der Waals surface area contributed by atoms with Crippen molar-refractivity contribution in [2.75, 3.05) is 13.7 Å². The first-order valence-electron chi connectivity index (χ1n) is 6.34. The summed E-state index contributed by atoms with van der Waals surface area (Å²) in [5.74, 6) is -2.00. The van der Waals surface area contributed by atoms with E-state index in [0.29, 0.717) is 0 Å². The number of hydrogen-bond acceptors (Lipinski definition) is 5. The number of allylic oxidation sites excluding steroid dienone is 2. The van der Waals surface area contributed by atoms with Crippen LogP contribution >= 0.6 is 0 Å². The van der Waals surface area contributed by atoms with E-state index in [-0.39, 0.29) is 35.5 Å². The molecule has 2 aliphatic carbocycles. The van der Waals surface area contributed by atoms with Crippen LogP contribution in [0.2, 0.25) is 0 Å². The average Bonchev–Trinajstić information content (AvgIpc) is 3.07. The van der Waals surface area contributed by atoms with Crippen molar-refractivity contribution in [1.82, 2.24) is 4.90 Å². The molecule has 0 spiro atoms. The van der Waals surface area contributed by atoms with Crippen molar-refractivity contribution < 1.29 is 24.2 Å². The SMILES string of the molecule is COC(=O)[C@H](CO)N1C(=O)[C@@H]2[C@@H](C1=O)[C@H]1C=C[C@H]2C1. The third-order valence-corrected chi connectivity index (χ3v) is 4.46. The molecule has 5 atom stereocenters. The average molecular weight is 265 g/mol. The molecule has 3 aliphatic rings. The second-order valence-corrected chi connectivity index (χ2v) is 5.27. The molecule has 3 rings (SSSR count). The van der Waals surface area contributed by atoms with E-state index in [9.17, 15) is 19.5 Å². The van der Waals surface area contributed by atoms with Crippen LogP contribution in [0.25, 0.3) is 0 Å². The first-order chi connectivity index (χ1) is 9.10. The van der Waals surface area contributed by atoms with Crippen molar-refractivity contribution in [3.05, 3.63) is 12.2 Å². The smallest absolute Gasteiger partial charge is 0.331 e. The molecule has 2 bridgehead atoms. The van der Waals surface area contributed by atoms with E-state index < -0.39 is 18.6 Å². The van der Waals surface area contributed by atoms with Gasteiger partial charge in [-0.15, -0.1) is 0 Å². The summed E-state index contributed by atoms with van der Waals surface area (Å²) >= 11 is 0. The number of esters is 1. The summed E-state index contributed by atoms with van der Waals surface area (Å²) in [4.78, 5) is 37.2. The highest BCUT2D eigenvalue weighted by atomic mass is 16.5. The first kappa shape index (κ1) is 12.3. The molecule has 2 amide bonds. The van der Waals surface area contributed by atoms with Crippen LogP contribution in [0.15, 0.2) is 12.2 Å². The third kappa shape index (κ3) is 1.49. The molecule has 0 unspecified atom stereocenters. The standard InChI is InChI=1S/C13H15NO5/c1-19-13(18)8(5-15)14-11(16)9-6-2-3-7(4-6)10(9)12(14)17/h2-3,6-10,15H,4-5H2,1H3/t6-,7-,8-,9-,10-/m0/s1. The maximum atomic E-state index is 12.4. The van der Waals surface area contributed by atoms with Gasteiger partial charge >= 0.3 is 5.97 Å². The summed E-state index contributed by atoms with van der Waals surface area (Å²) in [6, 6.07) is -1.21. The number of hydrogen-bond donors (Lipinski definition) is 1. The molecular formula is C13H15NO5. The Morgan fingerprint density at radius 1 is 1.37 bits per heavy atom. The Labute approximate surface area is 110 Å². The van der Waals surface area contributed by atoms with Crippen molar-refractivity contribution >= 4 is 17.8 Å². The quantitative estimate of drug-likeness (QED) is 0.415. The number of imide groups is 1. The molecule has 0 aromatic rings. The van der Waals surface area contributed by atoms with Gasteiger partial charge in [0.05, 0.1) is 25.6 Å². The minimum Gasteiger partial charge on any atom is -0.467 e. The number of aliphatic hydroxyl groups excluding tert-OH is 1. The molecule has 6 heteroatoms. The van der Waals surface area contributed by atoms with Crippen LogP contribution in [0.3, 0.4) is 0 Å². The minimum absolute atomic E-state index is 0.0911. The maximum Gasteiger partial charge on any atom is 0.331 e. The number of rotatable bonds is 3. The van der Waals surface area contributed by atoms with E-state index in [1.807, 2.05) is 12.2 Å². The van der Waals surface area contributed by atoms with Gasteiger partial charge in [-0.05, 0) is 18.3 Å². The molecule has 0 radical (unpaired) electrons. The number of nitrogens with zero attached hydrogens (tertiary/aromatic N) is 1. The van der Waals surface area contributed by atoms with Crippen LogP contribution in [-0.2, 0) is 19.1 Å². The lowest BCUT2D eigenvalue weighted by Crippen LogP contribution is -2.48. The number of amides is 2. The van der Waals surface area contributed by atoms with Crippen molar-refractivity contribution in [2.24, 2.45) is 23.7 Å². The van der Waals surface area contributed by atoms with E-state index in [1.165, 1.54) is 7.11 Å². The fourth-order valence-corrected chi connectivity index (χ4v) is 3.63. The molecule has 19 heavy (non-hydrogen) atoms. The largest absolute Gasteiger partial charge is 0.467 e. The van der Waals surface area contributed by atoms with E-state index in [2.05, 4.69) is 4.74 Å². The lowest BCUT2D eigenvalue weighted by atomic mass is 9.85. The minimum atomic E-state index is -1.21. The van der Waals surface area contributed by atoms with Gasteiger partial charge in [0.1, 0.15) is 0 Å². The van der Waals surface area contributed by atoms with Gasteiger partial charge in [-0.25, -0.2) is 4.79 Å². The number of carbonyl (C=O) groups excluding carboxylic acids is 3. The Morgan fingerprint density at radius 2 is 1.89 bits per heavy atom. The Balaban J connectivity index is 1.91. The summed E-state index contributed by atoms with van der Waals surface area (Å²) in [6.07, 6.45) is 4.79. The molecule has 1 saturated heterocycles.